The Morgan fingerprint density at radius 1 is 0.303 bits per heavy atom. The predicted octanol–water partition coefficient (Wildman–Crippen LogP) is 16.6. The molecule has 0 unspecified atom stereocenters. The Bertz CT molecular complexity index is 4360. The minimum Gasteiger partial charge on any atom is -0.309 e. The van der Waals surface area contributed by atoms with Crippen LogP contribution in [0.2, 0.25) is 0 Å². The van der Waals surface area contributed by atoms with Gasteiger partial charge in [0, 0.05) is 27.1 Å². The number of fused-ring (bicyclic) bond motifs is 6. The molecule has 10 heteroatoms. The lowest BCUT2D eigenvalue weighted by Gasteiger charge is -2.24. The zero-order valence-corrected chi connectivity index (χ0v) is 39.9. The fraction of sp³-hybridized carbons (Fsp3) is 0.0152. The van der Waals surface area contributed by atoms with Gasteiger partial charge >= 0.3 is 6.18 Å². The molecule has 0 amide bonds. The Kier molecular flexibility index (Phi) is 11.1. The lowest BCUT2D eigenvalue weighted by atomic mass is 9.96. The zero-order valence-electron chi connectivity index (χ0n) is 39.9. The molecule has 2 heterocycles. The summed E-state index contributed by atoms with van der Waals surface area (Å²) in [5.41, 5.74) is 10.2. The number of benzene rings is 10. The van der Waals surface area contributed by atoms with E-state index >= 15 is 13.2 Å². The normalized spacial score (nSPS) is 11.3. The molecule has 2 aromatic heterocycles. The second kappa shape index (κ2) is 18.3. The summed E-state index contributed by atoms with van der Waals surface area (Å²) in [6.07, 6.45) is -4.99. The van der Waals surface area contributed by atoms with Crippen molar-refractivity contribution in [1.29, 1.82) is 26.3 Å². The standard InChI is InChI=1S/C66H34F3N7/c67-66(68,69)64-63(75-59-25-20-49(45-12-4-40(35-70)5-13-45)31-55(59)56-32-50(21-26-60(56)75)46-14-6-41(36-71)7-15-46)29-24-54(53-3-1-2-44(30-53)39-74)65(64)76-61-27-22-51(47-16-8-42(37-72)9-17-47)33-57(61)58-34-52(23-28-62(58)76)48-18-10-43(38-73)11-19-48/h1-34H. The van der Waals surface area contributed by atoms with Crippen molar-refractivity contribution in [3.05, 3.63) is 240 Å². The van der Waals surface area contributed by atoms with Crippen LogP contribution in [0.1, 0.15) is 33.4 Å². The summed E-state index contributed by atoms with van der Waals surface area (Å²) in [5.74, 6) is 0. The molecule has 0 spiro atoms. The van der Waals surface area contributed by atoms with E-state index in [-0.39, 0.29) is 22.5 Å². The van der Waals surface area contributed by atoms with E-state index < -0.39 is 11.7 Å². The van der Waals surface area contributed by atoms with Crippen molar-refractivity contribution in [2.24, 2.45) is 0 Å². The summed E-state index contributed by atoms with van der Waals surface area (Å²) in [4.78, 5) is 0. The van der Waals surface area contributed by atoms with Crippen LogP contribution in [0.3, 0.4) is 0 Å². The molecule has 0 radical (unpaired) electrons. The molecular weight excluding hydrogens is 948 g/mol. The van der Waals surface area contributed by atoms with Crippen LogP contribution in [-0.2, 0) is 6.18 Å². The first kappa shape index (κ1) is 46.1. The summed E-state index contributed by atoms with van der Waals surface area (Å²) < 4.78 is 54.8. The molecule has 0 atom stereocenters. The van der Waals surface area contributed by atoms with Crippen LogP contribution >= 0.6 is 0 Å². The molecule has 0 N–H and O–H groups in total. The average Bonchev–Trinajstić information content (AvgIpc) is 4.19. The Morgan fingerprint density at radius 3 is 0.961 bits per heavy atom. The van der Waals surface area contributed by atoms with Crippen LogP contribution in [0.4, 0.5) is 13.2 Å². The lowest BCUT2D eigenvalue weighted by Crippen LogP contribution is -2.17. The topological polar surface area (TPSA) is 129 Å². The van der Waals surface area contributed by atoms with Gasteiger partial charge in [-0.3, -0.25) is 0 Å². The summed E-state index contributed by atoms with van der Waals surface area (Å²) in [6, 6.07) is 72.0. The van der Waals surface area contributed by atoms with Gasteiger partial charge in [-0.1, -0.05) is 91.0 Å². The van der Waals surface area contributed by atoms with E-state index in [9.17, 15) is 26.3 Å². The minimum atomic E-state index is -4.99. The molecule has 10 aromatic carbocycles. The smallest absolute Gasteiger partial charge is 0.309 e. The monoisotopic (exact) mass is 981 g/mol. The van der Waals surface area contributed by atoms with E-state index in [1.54, 1.807) is 88.0 Å². The summed E-state index contributed by atoms with van der Waals surface area (Å²) >= 11 is 0. The molecule has 7 nitrogen and oxygen atoms in total. The molecule has 0 aliphatic heterocycles. The first-order chi connectivity index (χ1) is 37.0. The minimum absolute atomic E-state index is 0.127. The van der Waals surface area contributed by atoms with Crippen molar-refractivity contribution < 1.29 is 13.2 Å². The zero-order chi connectivity index (χ0) is 52.2. The Balaban J connectivity index is 1.19. The predicted molar refractivity (Wildman–Crippen MR) is 291 cm³/mol. The van der Waals surface area contributed by atoms with Gasteiger partial charge in [0.25, 0.3) is 0 Å². The quantitative estimate of drug-likeness (QED) is 0.157. The molecule has 0 fully saturated rings. The maximum absolute atomic E-state index is 17.2. The van der Waals surface area contributed by atoms with Crippen molar-refractivity contribution >= 4 is 43.6 Å². The van der Waals surface area contributed by atoms with E-state index in [0.717, 1.165) is 44.5 Å². The van der Waals surface area contributed by atoms with Crippen molar-refractivity contribution in [2.75, 3.05) is 0 Å². The van der Waals surface area contributed by atoms with Gasteiger partial charge < -0.3 is 9.13 Å². The van der Waals surface area contributed by atoms with Crippen molar-refractivity contribution in [1.82, 2.24) is 9.13 Å². The molecule has 12 rings (SSSR count). The van der Waals surface area contributed by atoms with Gasteiger partial charge in [-0.2, -0.15) is 39.5 Å². The molecule has 12 aromatic rings. The highest BCUT2D eigenvalue weighted by Gasteiger charge is 2.40. The average molecular weight is 982 g/mol. The maximum atomic E-state index is 17.2. The highest BCUT2D eigenvalue weighted by atomic mass is 19.4. The van der Waals surface area contributed by atoms with Gasteiger partial charge in [-0.05, 0) is 165 Å². The van der Waals surface area contributed by atoms with Crippen molar-refractivity contribution in [2.45, 2.75) is 6.18 Å². The van der Waals surface area contributed by atoms with Crippen LogP contribution in [0.25, 0.3) is 111 Å². The van der Waals surface area contributed by atoms with Gasteiger partial charge in [0.1, 0.15) is 5.56 Å². The molecule has 0 saturated carbocycles. The fourth-order valence-corrected chi connectivity index (χ4v) is 10.5. The molecular formula is C66H34F3N7. The van der Waals surface area contributed by atoms with Crippen LogP contribution < -0.4 is 0 Å². The van der Waals surface area contributed by atoms with Gasteiger partial charge in [0.15, 0.2) is 0 Å². The number of nitrogens with zero attached hydrogens (tertiary/aromatic N) is 7. The number of hydrogen-bond donors (Lipinski definition) is 0. The number of aromatic nitrogens is 2. The van der Waals surface area contributed by atoms with Gasteiger partial charge in [0.2, 0.25) is 0 Å². The van der Waals surface area contributed by atoms with E-state index in [4.69, 9.17) is 0 Å². The summed E-state index contributed by atoms with van der Waals surface area (Å²) in [7, 11) is 0. The summed E-state index contributed by atoms with van der Waals surface area (Å²) in [6.45, 7) is 0. The maximum Gasteiger partial charge on any atom is 0.420 e. The van der Waals surface area contributed by atoms with Crippen molar-refractivity contribution in [3.8, 4) is 97.4 Å². The van der Waals surface area contributed by atoms with Crippen LogP contribution in [-0.4, -0.2) is 9.13 Å². The molecule has 0 saturated heterocycles. The molecule has 354 valence electrons. The van der Waals surface area contributed by atoms with Crippen LogP contribution in [0, 0.1) is 56.7 Å². The van der Waals surface area contributed by atoms with Gasteiger partial charge in [0.05, 0.1) is 91.6 Å². The Labute approximate surface area is 433 Å². The number of halogens is 3. The summed E-state index contributed by atoms with van der Waals surface area (Å²) in [5, 5.41) is 51.1. The number of nitriles is 5. The highest BCUT2D eigenvalue weighted by molar-refractivity contribution is 6.14. The largest absolute Gasteiger partial charge is 0.420 e. The second-order valence-corrected chi connectivity index (χ2v) is 18.4. The SMILES string of the molecule is N#Cc1ccc(-c2ccc3c(c2)c2cc(-c4ccc(C#N)cc4)ccc2n3-c2ccc(-c3cccc(C#N)c3)c(-n3c4ccc(-c5ccc(C#N)cc5)cc4c4cc(-c5ccc(C#N)cc5)ccc43)c2C(F)(F)F)cc1. The third-order valence-corrected chi connectivity index (χ3v) is 14.1. The first-order valence-corrected chi connectivity index (χ1v) is 24.0. The molecule has 76 heavy (non-hydrogen) atoms. The first-order valence-electron chi connectivity index (χ1n) is 24.0. The van der Waals surface area contributed by atoms with E-state index in [2.05, 4.69) is 30.3 Å². The van der Waals surface area contributed by atoms with Crippen LogP contribution in [0.15, 0.2) is 206 Å². The van der Waals surface area contributed by atoms with E-state index in [1.807, 2.05) is 121 Å². The molecule has 0 aliphatic carbocycles. The number of rotatable bonds is 7. The van der Waals surface area contributed by atoms with Gasteiger partial charge in [-0.15, -0.1) is 0 Å². The highest BCUT2D eigenvalue weighted by Crippen LogP contribution is 2.49. The second-order valence-electron chi connectivity index (χ2n) is 18.4. The Hall–Kier alpha value is -11.0. The third kappa shape index (κ3) is 7.83. The number of alkyl halides is 3. The van der Waals surface area contributed by atoms with E-state index in [1.165, 1.54) is 6.07 Å². The fourth-order valence-electron chi connectivity index (χ4n) is 10.5. The molecule has 0 bridgehead atoms. The van der Waals surface area contributed by atoms with E-state index in [0.29, 0.717) is 71.4 Å². The van der Waals surface area contributed by atoms with Crippen molar-refractivity contribution in [3.63, 3.8) is 0 Å². The Morgan fingerprint density at radius 2 is 0.632 bits per heavy atom. The van der Waals surface area contributed by atoms with Crippen LogP contribution in [0.5, 0.6) is 0 Å². The van der Waals surface area contributed by atoms with Gasteiger partial charge in [-0.25, -0.2) is 0 Å². The third-order valence-electron chi connectivity index (χ3n) is 14.1. The molecule has 0 aliphatic rings. The lowest BCUT2D eigenvalue weighted by molar-refractivity contribution is -0.137. The number of hydrogen-bond acceptors (Lipinski definition) is 5.